The summed E-state index contributed by atoms with van der Waals surface area (Å²) in [5.41, 5.74) is 5.89. The molecule has 13 heavy (non-hydrogen) atoms. The van der Waals surface area contributed by atoms with Crippen LogP contribution in [0.25, 0.3) is 0 Å². The Kier molecular flexibility index (Phi) is 2.51. The van der Waals surface area contributed by atoms with Gasteiger partial charge in [-0.15, -0.1) is 5.43 Å². The molecule has 0 heterocycles. The summed E-state index contributed by atoms with van der Waals surface area (Å²) in [6, 6.07) is 3.59. The van der Waals surface area contributed by atoms with Crippen LogP contribution in [0.1, 0.15) is 16.7 Å². The highest BCUT2D eigenvalue weighted by Crippen LogP contribution is 2.21. The van der Waals surface area contributed by atoms with E-state index in [0.29, 0.717) is 5.69 Å². The first-order valence-electron chi connectivity index (χ1n) is 4.00. The fraction of sp³-hybridized carbons (Fsp3) is 0.333. The molecular formula is C9H12N2O2. The minimum Gasteiger partial charge on any atom is -0.235 e. The van der Waals surface area contributed by atoms with Gasteiger partial charge in [-0.3, -0.25) is 0 Å². The molecule has 0 unspecified atom stereocenters. The second-order valence-corrected chi connectivity index (χ2v) is 3.05. The van der Waals surface area contributed by atoms with E-state index in [1.807, 2.05) is 26.8 Å². The van der Waals surface area contributed by atoms with Crippen LogP contribution in [0, 0.1) is 30.9 Å². The molecule has 0 fully saturated rings. The van der Waals surface area contributed by atoms with Gasteiger partial charge in [0.15, 0.2) is 5.03 Å². The van der Waals surface area contributed by atoms with Crippen molar-refractivity contribution in [3.05, 3.63) is 38.9 Å². The fourth-order valence-electron chi connectivity index (χ4n) is 1.18. The van der Waals surface area contributed by atoms with E-state index in [9.17, 15) is 10.1 Å². The van der Waals surface area contributed by atoms with E-state index in [1.165, 1.54) is 0 Å². The van der Waals surface area contributed by atoms with Crippen molar-refractivity contribution < 1.29 is 5.03 Å². The Morgan fingerprint density at radius 3 is 2.38 bits per heavy atom. The Balaban J connectivity index is 3.10. The summed E-state index contributed by atoms with van der Waals surface area (Å²) in [6.45, 7) is 5.81. The SMILES string of the molecule is Cc1ccc(N[N+](=O)[O-])c(C)c1C. The van der Waals surface area contributed by atoms with Crippen LogP contribution in [-0.4, -0.2) is 5.03 Å². The highest BCUT2D eigenvalue weighted by molar-refractivity contribution is 5.54. The van der Waals surface area contributed by atoms with Gasteiger partial charge >= 0.3 is 0 Å². The predicted molar refractivity (Wildman–Crippen MR) is 51.3 cm³/mol. The van der Waals surface area contributed by atoms with Crippen molar-refractivity contribution in [3.63, 3.8) is 0 Å². The van der Waals surface area contributed by atoms with Gasteiger partial charge in [-0.2, -0.15) is 0 Å². The van der Waals surface area contributed by atoms with E-state index in [2.05, 4.69) is 5.43 Å². The lowest BCUT2D eigenvalue weighted by Crippen LogP contribution is -2.09. The Labute approximate surface area is 76.7 Å². The lowest BCUT2D eigenvalue weighted by Gasteiger charge is -2.07. The Bertz CT molecular complexity index is 348. The van der Waals surface area contributed by atoms with Gasteiger partial charge < -0.3 is 0 Å². The molecule has 0 amide bonds. The number of nitro groups is 1. The number of hydrogen-bond acceptors (Lipinski definition) is 2. The standard InChI is InChI=1S/C9H12N2O2/c1-6-4-5-9(10-11(12)13)8(3)7(6)2/h4-5,10H,1-3H3. The van der Waals surface area contributed by atoms with E-state index in [-0.39, 0.29) is 0 Å². The maximum Gasteiger partial charge on any atom is 0.162 e. The molecule has 0 saturated heterocycles. The monoisotopic (exact) mass is 180 g/mol. The number of hydrogen-bond donors (Lipinski definition) is 1. The third kappa shape index (κ3) is 1.96. The van der Waals surface area contributed by atoms with E-state index >= 15 is 0 Å². The molecule has 0 aliphatic carbocycles. The zero-order valence-corrected chi connectivity index (χ0v) is 7.92. The highest BCUT2D eigenvalue weighted by Gasteiger charge is 2.06. The molecule has 1 rings (SSSR count). The van der Waals surface area contributed by atoms with Crippen LogP contribution in [0.5, 0.6) is 0 Å². The fourth-order valence-corrected chi connectivity index (χ4v) is 1.18. The molecule has 0 radical (unpaired) electrons. The van der Waals surface area contributed by atoms with E-state index in [0.717, 1.165) is 16.7 Å². The van der Waals surface area contributed by atoms with Crippen LogP contribution in [0.15, 0.2) is 12.1 Å². The minimum atomic E-state index is -0.545. The van der Waals surface area contributed by atoms with Crippen LogP contribution >= 0.6 is 0 Å². The molecular weight excluding hydrogens is 168 g/mol. The van der Waals surface area contributed by atoms with Crippen molar-refractivity contribution in [3.8, 4) is 0 Å². The van der Waals surface area contributed by atoms with Crippen LogP contribution < -0.4 is 5.43 Å². The molecule has 0 saturated carbocycles. The molecule has 0 aromatic heterocycles. The number of rotatable bonds is 2. The van der Waals surface area contributed by atoms with Gasteiger partial charge in [0.25, 0.3) is 0 Å². The lowest BCUT2D eigenvalue weighted by molar-refractivity contribution is -0.445. The van der Waals surface area contributed by atoms with Gasteiger partial charge in [0.1, 0.15) is 5.69 Å². The summed E-state index contributed by atoms with van der Waals surface area (Å²) in [5, 5.41) is 9.67. The van der Waals surface area contributed by atoms with Gasteiger partial charge in [0, 0.05) is 0 Å². The second kappa shape index (κ2) is 3.43. The van der Waals surface area contributed by atoms with Crippen molar-refractivity contribution >= 4 is 5.69 Å². The van der Waals surface area contributed by atoms with Gasteiger partial charge in [-0.1, -0.05) is 6.07 Å². The Hall–Kier alpha value is -1.58. The average molecular weight is 180 g/mol. The van der Waals surface area contributed by atoms with Crippen molar-refractivity contribution in [2.45, 2.75) is 20.8 Å². The van der Waals surface area contributed by atoms with E-state index < -0.39 is 5.03 Å². The zero-order valence-electron chi connectivity index (χ0n) is 7.92. The van der Waals surface area contributed by atoms with Crippen LogP contribution in [0.3, 0.4) is 0 Å². The first kappa shape index (κ1) is 9.51. The average Bonchev–Trinajstić information content (AvgIpc) is 2.06. The summed E-state index contributed by atoms with van der Waals surface area (Å²) < 4.78 is 0. The number of benzene rings is 1. The largest absolute Gasteiger partial charge is 0.235 e. The summed E-state index contributed by atoms with van der Waals surface area (Å²) in [7, 11) is 0. The van der Waals surface area contributed by atoms with Crippen LogP contribution in [-0.2, 0) is 0 Å². The number of nitrogens with zero attached hydrogens (tertiary/aromatic N) is 1. The molecule has 0 spiro atoms. The number of anilines is 1. The molecule has 70 valence electrons. The highest BCUT2D eigenvalue weighted by atomic mass is 16.7. The summed E-state index contributed by atoms with van der Waals surface area (Å²) in [5.74, 6) is 0. The Morgan fingerprint density at radius 1 is 1.23 bits per heavy atom. The number of hydrazine groups is 1. The van der Waals surface area contributed by atoms with Crippen molar-refractivity contribution in [1.82, 2.24) is 0 Å². The van der Waals surface area contributed by atoms with Crippen molar-refractivity contribution in [2.75, 3.05) is 5.43 Å². The molecule has 4 nitrogen and oxygen atoms in total. The molecule has 1 aromatic rings. The minimum absolute atomic E-state index is 0.545. The quantitative estimate of drug-likeness (QED) is 0.560. The zero-order chi connectivity index (χ0) is 10.0. The molecule has 0 aliphatic rings. The van der Waals surface area contributed by atoms with E-state index in [1.54, 1.807) is 6.07 Å². The normalized spacial score (nSPS) is 9.77. The predicted octanol–water partition coefficient (Wildman–Crippen LogP) is 2.22. The van der Waals surface area contributed by atoms with Gasteiger partial charge in [0.05, 0.1) is 0 Å². The van der Waals surface area contributed by atoms with Gasteiger partial charge in [-0.25, -0.2) is 10.1 Å². The van der Waals surface area contributed by atoms with Gasteiger partial charge in [-0.05, 0) is 43.5 Å². The smallest absolute Gasteiger partial charge is 0.162 e. The molecule has 0 bridgehead atoms. The van der Waals surface area contributed by atoms with Crippen LogP contribution in [0.2, 0.25) is 0 Å². The summed E-state index contributed by atoms with van der Waals surface area (Å²) in [4.78, 5) is 10.2. The number of aryl methyl sites for hydroxylation is 1. The van der Waals surface area contributed by atoms with E-state index in [4.69, 9.17) is 0 Å². The molecule has 0 atom stereocenters. The summed E-state index contributed by atoms with van der Waals surface area (Å²) in [6.07, 6.45) is 0. The van der Waals surface area contributed by atoms with Crippen LogP contribution in [0.4, 0.5) is 5.69 Å². The maximum absolute atomic E-state index is 10.2. The van der Waals surface area contributed by atoms with Gasteiger partial charge in [0.2, 0.25) is 0 Å². The molecule has 4 heteroatoms. The molecule has 1 aromatic carbocycles. The molecule has 1 N–H and O–H groups in total. The first-order valence-corrected chi connectivity index (χ1v) is 4.00. The van der Waals surface area contributed by atoms with Crippen molar-refractivity contribution in [1.29, 1.82) is 0 Å². The Morgan fingerprint density at radius 2 is 1.85 bits per heavy atom. The number of nitrogens with one attached hydrogen (secondary N) is 1. The third-order valence-corrected chi connectivity index (χ3v) is 2.27. The molecule has 0 aliphatic heterocycles. The topological polar surface area (TPSA) is 55.2 Å². The maximum atomic E-state index is 10.2. The first-order chi connectivity index (χ1) is 6.02. The second-order valence-electron chi connectivity index (χ2n) is 3.05. The lowest BCUT2D eigenvalue weighted by atomic mass is 10.0. The van der Waals surface area contributed by atoms with Crippen molar-refractivity contribution in [2.24, 2.45) is 0 Å². The third-order valence-electron chi connectivity index (χ3n) is 2.27. The summed E-state index contributed by atoms with van der Waals surface area (Å²) >= 11 is 0.